The Morgan fingerprint density at radius 2 is 0.661 bits per heavy atom. The van der Waals surface area contributed by atoms with E-state index in [2.05, 4.69) is 125 Å². The predicted molar refractivity (Wildman–Crippen MR) is 226 cm³/mol. The number of benzene rings is 6. The SMILES string of the molecule is c1cc(-c2ccc3ccc4cccnc4c3n2)cc(-c2nc(-c3cccc(-c4ccc5ccc6cccnc6c5n4)c3)nc(-c3ccc4ccccc4c3)n2)c1. The highest BCUT2D eigenvalue weighted by Crippen LogP contribution is 2.33. The normalized spacial score (nSPS) is 11.6. The fraction of sp³-hybridized carbons (Fsp3) is 0. The molecule has 11 rings (SSSR count). The number of hydrogen-bond donors (Lipinski definition) is 0. The van der Waals surface area contributed by atoms with Crippen LogP contribution in [-0.4, -0.2) is 34.9 Å². The molecule has 5 aromatic heterocycles. The van der Waals surface area contributed by atoms with E-state index in [1.807, 2.05) is 60.9 Å². The van der Waals surface area contributed by atoms with Gasteiger partial charge < -0.3 is 0 Å². The largest absolute Gasteiger partial charge is 0.254 e. The zero-order chi connectivity index (χ0) is 37.0. The summed E-state index contributed by atoms with van der Waals surface area (Å²) >= 11 is 0. The number of hydrogen-bond acceptors (Lipinski definition) is 7. The van der Waals surface area contributed by atoms with E-state index >= 15 is 0 Å². The molecule has 0 saturated heterocycles. The van der Waals surface area contributed by atoms with Crippen molar-refractivity contribution in [1.29, 1.82) is 0 Å². The van der Waals surface area contributed by atoms with Gasteiger partial charge >= 0.3 is 0 Å². The molecular formula is C49H29N7. The second-order valence-corrected chi connectivity index (χ2v) is 13.8. The summed E-state index contributed by atoms with van der Waals surface area (Å²) in [5, 5.41) is 6.48. The topological polar surface area (TPSA) is 90.2 Å². The van der Waals surface area contributed by atoms with E-state index < -0.39 is 0 Å². The minimum Gasteiger partial charge on any atom is -0.254 e. The summed E-state index contributed by atoms with van der Waals surface area (Å²) in [5.74, 6) is 1.73. The summed E-state index contributed by atoms with van der Waals surface area (Å²) in [4.78, 5) is 34.9. The van der Waals surface area contributed by atoms with Crippen molar-refractivity contribution >= 4 is 54.4 Å². The van der Waals surface area contributed by atoms with E-state index in [0.717, 1.165) is 93.6 Å². The van der Waals surface area contributed by atoms with Gasteiger partial charge in [-0.25, -0.2) is 24.9 Å². The van der Waals surface area contributed by atoms with Crippen LogP contribution in [0.4, 0.5) is 0 Å². The van der Waals surface area contributed by atoms with Crippen molar-refractivity contribution in [2.75, 3.05) is 0 Å². The van der Waals surface area contributed by atoms with Crippen molar-refractivity contribution in [3.05, 3.63) is 176 Å². The van der Waals surface area contributed by atoms with Gasteiger partial charge in [0.2, 0.25) is 0 Å². The molecule has 0 atom stereocenters. The van der Waals surface area contributed by atoms with Crippen LogP contribution in [0.5, 0.6) is 0 Å². The molecule has 11 aromatic rings. The lowest BCUT2D eigenvalue weighted by Crippen LogP contribution is -2.00. The van der Waals surface area contributed by atoms with Crippen LogP contribution >= 0.6 is 0 Å². The standard InChI is InChI=1S/C49H29N7/c1-2-8-35-27-40(20-15-30(35)7-1)49-55-47(38-11-3-9-36(28-38)41-23-21-33-18-16-31-13-5-25-50-43(31)45(33)52-41)54-48(56-49)39-12-4-10-37(29-39)42-24-22-34-19-17-32-14-6-26-51-44(32)46(34)53-42/h1-29H. The van der Waals surface area contributed by atoms with E-state index in [0.29, 0.717) is 17.5 Å². The Bertz CT molecular complexity index is 3160. The molecule has 0 radical (unpaired) electrons. The minimum atomic E-state index is 0.569. The molecule has 0 aliphatic heterocycles. The maximum Gasteiger partial charge on any atom is 0.164 e. The number of nitrogens with zero attached hydrogens (tertiary/aromatic N) is 7. The van der Waals surface area contributed by atoms with Gasteiger partial charge in [-0.2, -0.15) is 0 Å². The molecule has 0 aliphatic carbocycles. The molecule has 6 aromatic carbocycles. The predicted octanol–water partition coefficient (Wildman–Crippen LogP) is 11.6. The Balaban J connectivity index is 1.05. The first-order valence-electron chi connectivity index (χ1n) is 18.5. The number of aromatic nitrogens is 7. The van der Waals surface area contributed by atoms with Crippen molar-refractivity contribution < 1.29 is 0 Å². The average molecular weight is 716 g/mol. The summed E-state index contributed by atoms with van der Waals surface area (Å²) < 4.78 is 0. The number of rotatable bonds is 5. The Morgan fingerprint density at radius 1 is 0.250 bits per heavy atom. The zero-order valence-electron chi connectivity index (χ0n) is 29.9. The van der Waals surface area contributed by atoms with Crippen LogP contribution in [-0.2, 0) is 0 Å². The van der Waals surface area contributed by atoms with Gasteiger partial charge in [-0.15, -0.1) is 0 Å². The fourth-order valence-corrected chi connectivity index (χ4v) is 7.50. The highest BCUT2D eigenvalue weighted by molar-refractivity contribution is 6.04. The molecule has 7 nitrogen and oxygen atoms in total. The molecule has 260 valence electrons. The van der Waals surface area contributed by atoms with Crippen LogP contribution in [0.25, 0.3) is 111 Å². The third-order valence-corrected chi connectivity index (χ3v) is 10.3. The van der Waals surface area contributed by atoms with E-state index in [1.54, 1.807) is 0 Å². The van der Waals surface area contributed by atoms with Crippen LogP contribution in [0, 0.1) is 0 Å². The lowest BCUT2D eigenvalue weighted by Gasteiger charge is -2.11. The molecule has 0 fully saturated rings. The number of pyridine rings is 4. The van der Waals surface area contributed by atoms with Crippen LogP contribution in [0.2, 0.25) is 0 Å². The van der Waals surface area contributed by atoms with Gasteiger partial charge in [0, 0.05) is 61.8 Å². The van der Waals surface area contributed by atoms with Crippen LogP contribution < -0.4 is 0 Å². The van der Waals surface area contributed by atoms with Gasteiger partial charge in [0.05, 0.1) is 33.5 Å². The van der Waals surface area contributed by atoms with E-state index in [-0.39, 0.29) is 0 Å². The molecule has 56 heavy (non-hydrogen) atoms. The smallest absolute Gasteiger partial charge is 0.164 e. The second-order valence-electron chi connectivity index (χ2n) is 13.8. The summed E-state index contributed by atoms with van der Waals surface area (Å²) in [7, 11) is 0. The van der Waals surface area contributed by atoms with E-state index in [4.69, 9.17) is 24.9 Å². The van der Waals surface area contributed by atoms with Gasteiger partial charge in [-0.1, -0.05) is 121 Å². The lowest BCUT2D eigenvalue weighted by molar-refractivity contribution is 1.07. The molecule has 0 amide bonds. The molecule has 0 unspecified atom stereocenters. The van der Waals surface area contributed by atoms with Gasteiger partial charge in [-0.3, -0.25) is 9.97 Å². The number of fused-ring (bicyclic) bond motifs is 7. The molecule has 0 N–H and O–H groups in total. The third kappa shape index (κ3) is 5.58. The van der Waals surface area contributed by atoms with Gasteiger partial charge in [-0.05, 0) is 53.2 Å². The van der Waals surface area contributed by atoms with Crippen molar-refractivity contribution in [3.63, 3.8) is 0 Å². The van der Waals surface area contributed by atoms with E-state index in [9.17, 15) is 0 Å². The minimum absolute atomic E-state index is 0.569. The molecule has 0 saturated carbocycles. The molecule has 0 spiro atoms. The van der Waals surface area contributed by atoms with Gasteiger partial charge in [0.15, 0.2) is 17.5 Å². The van der Waals surface area contributed by atoms with Crippen molar-refractivity contribution in [3.8, 4) is 56.7 Å². The van der Waals surface area contributed by atoms with Gasteiger partial charge in [0.25, 0.3) is 0 Å². The molecular weight excluding hydrogens is 687 g/mol. The zero-order valence-corrected chi connectivity index (χ0v) is 29.9. The lowest BCUT2D eigenvalue weighted by atomic mass is 10.0. The average Bonchev–Trinajstić information content (AvgIpc) is 3.28. The molecule has 7 heteroatoms. The van der Waals surface area contributed by atoms with Gasteiger partial charge in [0.1, 0.15) is 0 Å². The Hall–Kier alpha value is -7.77. The molecule has 0 bridgehead atoms. The van der Waals surface area contributed by atoms with Crippen LogP contribution in [0.1, 0.15) is 0 Å². The quantitative estimate of drug-likeness (QED) is 0.164. The van der Waals surface area contributed by atoms with E-state index in [1.165, 1.54) is 0 Å². The fourth-order valence-electron chi connectivity index (χ4n) is 7.50. The van der Waals surface area contributed by atoms with Crippen LogP contribution in [0.15, 0.2) is 176 Å². The second kappa shape index (κ2) is 13.0. The van der Waals surface area contributed by atoms with Crippen molar-refractivity contribution in [2.24, 2.45) is 0 Å². The maximum absolute atomic E-state index is 5.13. The summed E-state index contributed by atoms with van der Waals surface area (Å²) in [6.07, 6.45) is 3.63. The summed E-state index contributed by atoms with van der Waals surface area (Å²) in [6, 6.07) is 55.9. The molecule has 5 heterocycles. The highest BCUT2D eigenvalue weighted by Gasteiger charge is 2.16. The third-order valence-electron chi connectivity index (χ3n) is 10.3. The summed E-state index contributed by atoms with van der Waals surface area (Å²) in [6.45, 7) is 0. The Labute approximate surface area is 321 Å². The monoisotopic (exact) mass is 715 g/mol. The first-order chi connectivity index (χ1) is 27.7. The molecule has 0 aliphatic rings. The highest BCUT2D eigenvalue weighted by atomic mass is 15.0. The van der Waals surface area contributed by atoms with Crippen molar-refractivity contribution in [2.45, 2.75) is 0 Å². The maximum atomic E-state index is 5.13. The Kier molecular flexibility index (Phi) is 7.35. The first kappa shape index (κ1) is 31.7. The Morgan fingerprint density at radius 3 is 1.20 bits per heavy atom. The first-order valence-corrected chi connectivity index (χ1v) is 18.5. The van der Waals surface area contributed by atoms with Crippen molar-refractivity contribution in [1.82, 2.24) is 34.9 Å². The van der Waals surface area contributed by atoms with Crippen LogP contribution in [0.3, 0.4) is 0 Å². The summed E-state index contributed by atoms with van der Waals surface area (Å²) in [5.41, 5.74) is 9.75.